The molecule has 2 heterocycles. The fourth-order valence-electron chi connectivity index (χ4n) is 2.73. The van der Waals surface area contributed by atoms with Crippen molar-refractivity contribution in [1.82, 2.24) is 9.97 Å². The van der Waals surface area contributed by atoms with Crippen LogP contribution in [-0.2, 0) is 0 Å². The summed E-state index contributed by atoms with van der Waals surface area (Å²) in [4.78, 5) is 31.1. The topological polar surface area (TPSA) is 93.3 Å². The number of aromatic nitrogens is 2. The molecule has 1 aromatic heterocycles. The molecule has 2 aromatic carbocycles. The van der Waals surface area contributed by atoms with Crippen LogP contribution in [0.15, 0.2) is 53.3 Å². The second kappa shape index (κ2) is 6.36. The lowest BCUT2D eigenvalue weighted by molar-refractivity contribution is 0.102. The van der Waals surface area contributed by atoms with Crippen LogP contribution in [-0.4, -0.2) is 22.7 Å². The van der Waals surface area contributed by atoms with Gasteiger partial charge < -0.3 is 19.8 Å². The van der Waals surface area contributed by atoms with E-state index in [2.05, 4.69) is 15.3 Å². The van der Waals surface area contributed by atoms with Crippen LogP contribution >= 0.6 is 0 Å². The first kappa shape index (κ1) is 15.9. The van der Waals surface area contributed by atoms with E-state index in [1.165, 1.54) is 6.07 Å². The quantitative estimate of drug-likeness (QED) is 0.758. The molecular formula is C19H15N3O4. The van der Waals surface area contributed by atoms with E-state index < -0.39 is 0 Å². The Morgan fingerprint density at radius 2 is 1.96 bits per heavy atom. The number of para-hydroxylation sites is 1. The van der Waals surface area contributed by atoms with Crippen LogP contribution in [0.4, 0.5) is 5.69 Å². The number of aromatic amines is 1. The summed E-state index contributed by atoms with van der Waals surface area (Å²) in [7, 11) is 0. The minimum atomic E-state index is -0.290. The lowest BCUT2D eigenvalue weighted by Gasteiger charge is -2.08. The van der Waals surface area contributed by atoms with Gasteiger partial charge in [0.1, 0.15) is 5.82 Å². The van der Waals surface area contributed by atoms with E-state index in [0.717, 1.165) is 5.56 Å². The van der Waals surface area contributed by atoms with Crippen molar-refractivity contribution < 1.29 is 14.3 Å². The largest absolute Gasteiger partial charge is 0.454 e. The molecule has 0 spiro atoms. The van der Waals surface area contributed by atoms with Crippen LogP contribution in [0.1, 0.15) is 16.1 Å². The highest BCUT2D eigenvalue weighted by Crippen LogP contribution is 2.35. The van der Waals surface area contributed by atoms with Gasteiger partial charge in [-0.25, -0.2) is 4.98 Å². The zero-order valence-electron chi connectivity index (χ0n) is 13.9. The van der Waals surface area contributed by atoms with Gasteiger partial charge in [-0.3, -0.25) is 9.59 Å². The first-order chi connectivity index (χ1) is 12.6. The second-order valence-corrected chi connectivity index (χ2v) is 5.81. The number of aryl methyl sites for hydroxylation is 1. The summed E-state index contributed by atoms with van der Waals surface area (Å²) in [5.41, 5.74) is 2.21. The first-order valence-corrected chi connectivity index (χ1v) is 7.98. The molecule has 7 nitrogen and oxygen atoms in total. The number of nitrogens with zero attached hydrogens (tertiary/aromatic N) is 1. The maximum Gasteiger partial charge on any atom is 0.259 e. The van der Waals surface area contributed by atoms with E-state index >= 15 is 0 Å². The number of carbonyl (C=O) groups excluding carboxylic acids is 1. The zero-order chi connectivity index (χ0) is 18.1. The number of amides is 1. The highest BCUT2D eigenvalue weighted by Gasteiger charge is 2.21. The Hall–Kier alpha value is -3.61. The van der Waals surface area contributed by atoms with Crippen molar-refractivity contribution in [3.63, 3.8) is 0 Å². The van der Waals surface area contributed by atoms with Crippen molar-refractivity contribution in [2.24, 2.45) is 0 Å². The fourth-order valence-corrected chi connectivity index (χ4v) is 2.73. The average Bonchev–Trinajstić information content (AvgIpc) is 3.10. The summed E-state index contributed by atoms with van der Waals surface area (Å²) in [5.74, 6) is 1.20. The van der Waals surface area contributed by atoms with Crippen molar-refractivity contribution in [3.05, 3.63) is 70.1 Å². The fraction of sp³-hybridized carbons (Fsp3) is 0.105. The highest BCUT2D eigenvalue weighted by atomic mass is 16.7. The minimum Gasteiger partial charge on any atom is -0.454 e. The number of fused-ring (bicyclic) bond motifs is 1. The molecule has 3 aromatic rings. The van der Waals surface area contributed by atoms with Crippen molar-refractivity contribution in [3.8, 4) is 22.9 Å². The monoisotopic (exact) mass is 349 g/mol. The number of rotatable bonds is 3. The molecule has 1 aliphatic heterocycles. The predicted octanol–water partition coefficient (Wildman–Crippen LogP) is 2.73. The number of hydrogen-bond acceptors (Lipinski definition) is 5. The van der Waals surface area contributed by atoms with Gasteiger partial charge in [0.2, 0.25) is 6.79 Å². The van der Waals surface area contributed by atoms with Gasteiger partial charge in [-0.15, -0.1) is 0 Å². The second-order valence-electron chi connectivity index (χ2n) is 5.81. The number of H-pyrrole nitrogens is 1. The van der Waals surface area contributed by atoms with Gasteiger partial charge >= 0.3 is 0 Å². The summed E-state index contributed by atoms with van der Waals surface area (Å²) in [6.07, 6.45) is 0. The van der Waals surface area contributed by atoms with E-state index in [1.54, 1.807) is 49.4 Å². The molecule has 26 heavy (non-hydrogen) atoms. The van der Waals surface area contributed by atoms with Crippen molar-refractivity contribution in [1.29, 1.82) is 0 Å². The maximum absolute atomic E-state index is 12.5. The van der Waals surface area contributed by atoms with Gasteiger partial charge in [-0.1, -0.05) is 6.07 Å². The molecule has 130 valence electrons. The third-order valence-corrected chi connectivity index (χ3v) is 3.93. The normalized spacial score (nSPS) is 12.0. The molecule has 2 N–H and O–H groups in total. The SMILES string of the molecule is Cc1cc(=O)[nH]c(-c2ccc(NC(=O)c3cccc4c3OCO4)cc2)n1. The predicted molar refractivity (Wildman–Crippen MR) is 95.5 cm³/mol. The van der Waals surface area contributed by atoms with Crippen molar-refractivity contribution in [2.45, 2.75) is 6.92 Å². The molecular weight excluding hydrogens is 334 g/mol. The smallest absolute Gasteiger partial charge is 0.259 e. The number of benzene rings is 2. The van der Waals surface area contributed by atoms with Gasteiger partial charge in [0.15, 0.2) is 11.5 Å². The minimum absolute atomic E-state index is 0.107. The van der Waals surface area contributed by atoms with E-state index in [1.807, 2.05) is 0 Å². The summed E-state index contributed by atoms with van der Waals surface area (Å²) in [6, 6.07) is 13.7. The highest BCUT2D eigenvalue weighted by molar-refractivity contribution is 6.06. The lowest BCUT2D eigenvalue weighted by Crippen LogP contribution is -2.12. The number of hydrogen-bond donors (Lipinski definition) is 2. The molecule has 1 aliphatic rings. The molecule has 1 amide bonds. The van der Waals surface area contributed by atoms with Crippen LogP contribution < -0.4 is 20.3 Å². The van der Waals surface area contributed by atoms with Crippen LogP contribution in [0.25, 0.3) is 11.4 Å². The molecule has 0 radical (unpaired) electrons. The van der Waals surface area contributed by atoms with Gasteiger partial charge in [0.05, 0.1) is 5.56 Å². The van der Waals surface area contributed by atoms with Gasteiger partial charge in [0, 0.05) is 23.0 Å². The zero-order valence-corrected chi connectivity index (χ0v) is 13.9. The molecule has 7 heteroatoms. The van der Waals surface area contributed by atoms with Gasteiger partial charge in [0.25, 0.3) is 11.5 Å². The van der Waals surface area contributed by atoms with Crippen LogP contribution in [0.5, 0.6) is 11.5 Å². The van der Waals surface area contributed by atoms with E-state index in [0.29, 0.717) is 34.3 Å². The summed E-state index contributed by atoms with van der Waals surface area (Å²) < 4.78 is 10.6. The number of carbonyl (C=O) groups is 1. The van der Waals surface area contributed by atoms with Crippen molar-refractivity contribution in [2.75, 3.05) is 12.1 Å². The first-order valence-electron chi connectivity index (χ1n) is 7.98. The van der Waals surface area contributed by atoms with Gasteiger partial charge in [-0.05, 0) is 43.3 Å². The van der Waals surface area contributed by atoms with Crippen LogP contribution in [0, 0.1) is 6.92 Å². The average molecular weight is 349 g/mol. The molecule has 0 unspecified atom stereocenters. The summed E-state index contributed by atoms with van der Waals surface area (Å²) in [6.45, 7) is 1.87. The molecule has 0 atom stereocenters. The molecule has 0 saturated heterocycles. The number of anilines is 1. The lowest BCUT2D eigenvalue weighted by atomic mass is 10.1. The Labute approximate surface area is 148 Å². The third kappa shape index (κ3) is 3.02. The third-order valence-electron chi connectivity index (χ3n) is 3.93. The Bertz CT molecular complexity index is 1040. The molecule has 0 saturated carbocycles. The number of ether oxygens (including phenoxy) is 2. The van der Waals surface area contributed by atoms with E-state index in [9.17, 15) is 9.59 Å². The van der Waals surface area contributed by atoms with E-state index in [4.69, 9.17) is 9.47 Å². The van der Waals surface area contributed by atoms with E-state index in [-0.39, 0.29) is 18.3 Å². The standard InChI is InChI=1S/C19H15N3O4/c1-11-9-16(23)22-18(20-11)12-5-7-13(8-6-12)21-19(24)14-3-2-4-15-17(14)26-10-25-15/h2-9H,10H2,1H3,(H,21,24)(H,20,22,23). The summed E-state index contributed by atoms with van der Waals surface area (Å²) in [5, 5.41) is 2.82. The van der Waals surface area contributed by atoms with Gasteiger partial charge in [-0.2, -0.15) is 0 Å². The number of nitrogens with one attached hydrogen (secondary N) is 2. The Kier molecular flexibility index (Phi) is 3.89. The Balaban J connectivity index is 1.55. The molecule has 0 aliphatic carbocycles. The maximum atomic E-state index is 12.5. The Morgan fingerprint density at radius 3 is 2.73 bits per heavy atom. The molecule has 0 bridgehead atoms. The molecule has 4 rings (SSSR count). The van der Waals surface area contributed by atoms with Crippen molar-refractivity contribution >= 4 is 11.6 Å². The Morgan fingerprint density at radius 1 is 1.15 bits per heavy atom. The molecule has 0 fully saturated rings. The van der Waals surface area contributed by atoms with Crippen LogP contribution in [0.2, 0.25) is 0 Å². The van der Waals surface area contributed by atoms with Crippen LogP contribution in [0.3, 0.4) is 0 Å². The summed E-state index contributed by atoms with van der Waals surface area (Å²) >= 11 is 0.